The highest BCUT2D eigenvalue weighted by molar-refractivity contribution is 5.77. The molecule has 0 unspecified atom stereocenters. The normalized spacial score (nSPS) is 10.7. The molecule has 0 saturated carbocycles. The number of amides is 1. The van der Waals surface area contributed by atoms with Crippen molar-refractivity contribution in [2.45, 2.75) is 20.4 Å². The van der Waals surface area contributed by atoms with Crippen LogP contribution < -0.4 is 15.4 Å². The molecule has 0 heterocycles. The number of rotatable bonds is 10. The molecule has 5 nitrogen and oxygen atoms in total. The molecule has 0 spiro atoms. The van der Waals surface area contributed by atoms with Crippen LogP contribution in [-0.4, -0.2) is 39.3 Å². The number of hydrogen-bond acceptors (Lipinski definition) is 4. The summed E-state index contributed by atoms with van der Waals surface area (Å²) in [5.41, 5.74) is 1.03. The van der Waals surface area contributed by atoms with E-state index >= 15 is 0 Å². The molecular formula is C16H26N2O3. The van der Waals surface area contributed by atoms with Crippen LogP contribution in [0.15, 0.2) is 24.3 Å². The number of nitrogens with one attached hydrogen (secondary N) is 2. The van der Waals surface area contributed by atoms with Crippen molar-refractivity contribution in [1.82, 2.24) is 10.6 Å². The SMILES string of the molecule is COCCNCC(=O)NCc1cccc(OCC(C)C)c1. The number of carbonyl (C=O) groups is 1. The van der Waals surface area contributed by atoms with Crippen molar-refractivity contribution < 1.29 is 14.3 Å². The van der Waals surface area contributed by atoms with Crippen molar-refractivity contribution in [2.24, 2.45) is 5.92 Å². The van der Waals surface area contributed by atoms with Crippen molar-refractivity contribution in [3.63, 3.8) is 0 Å². The van der Waals surface area contributed by atoms with Crippen LogP contribution in [0.25, 0.3) is 0 Å². The molecule has 2 N–H and O–H groups in total. The Hall–Kier alpha value is -1.59. The Bertz CT molecular complexity index is 422. The van der Waals surface area contributed by atoms with Gasteiger partial charge < -0.3 is 20.1 Å². The average Bonchev–Trinajstić information content (AvgIpc) is 2.48. The second-order valence-electron chi connectivity index (χ2n) is 5.30. The average molecular weight is 294 g/mol. The molecule has 0 atom stereocenters. The molecule has 0 saturated heterocycles. The predicted molar refractivity (Wildman–Crippen MR) is 83.4 cm³/mol. The first-order valence-corrected chi connectivity index (χ1v) is 7.30. The summed E-state index contributed by atoms with van der Waals surface area (Å²) >= 11 is 0. The van der Waals surface area contributed by atoms with E-state index in [0.29, 0.717) is 38.8 Å². The smallest absolute Gasteiger partial charge is 0.234 e. The van der Waals surface area contributed by atoms with E-state index in [4.69, 9.17) is 9.47 Å². The molecule has 5 heteroatoms. The lowest BCUT2D eigenvalue weighted by Crippen LogP contribution is -2.34. The van der Waals surface area contributed by atoms with Gasteiger partial charge in [0.05, 0.1) is 19.8 Å². The monoisotopic (exact) mass is 294 g/mol. The summed E-state index contributed by atoms with van der Waals surface area (Å²) in [6, 6.07) is 7.80. The minimum absolute atomic E-state index is 0.0281. The molecule has 0 aliphatic heterocycles. The van der Waals surface area contributed by atoms with E-state index in [-0.39, 0.29) is 5.91 Å². The number of ether oxygens (including phenoxy) is 2. The summed E-state index contributed by atoms with van der Waals surface area (Å²) in [5, 5.41) is 5.87. The van der Waals surface area contributed by atoms with Gasteiger partial charge in [-0.15, -0.1) is 0 Å². The Balaban J connectivity index is 2.30. The lowest BCUT2D eigenvalue weighted by molar-refractivity contribution is -0.120. The van der Waals surface area contributed by atoms with E-state index in [1.54, 1.807) is 7.11 Å². The van der Waals surface area contributed by atoms with Crippen molar-refractivity contribution in [3.05, 3.63) is 29.8 Å². The number of carbonyl (C=O) groups excluding carboxylic acids is 1. The molecule has 1 aromatic carbocycles. The Morgan fingerprint density at radius 2 is 2.14 bits per heavy atom. The molecule has 21 heavy (non-hydrogen) atoms. The van der Waals surface area contributed by atoms with E-state index in [9.17, 15) is 4.79 Å². The molecular weight excluding hydrogens is 268 g/mol. The van der Waals surface area contributed by atoms with Gasteiger partial charge in [0, 0.05) is 20.2 Å². The summed E-state index contributed by atoms with van der Waals surface area (Å²) < 4.78 is 10.6. The lowest BCUT2D eigenvalue weighted by atomic mass is 10.2. The Morgan fingerprint density at radius 1 is 1.33 bits per heavy atom. The predicted octanol–water partition coefficient (Wildman–Crippen LogP) is 1.57. The van der Waals surface area contributed by atoms with E-state index in [0.717, 1.165) is 11.3 Å². The summed E-state index contributed by atoms with van der Waals surface area (Å²) in [5.74, 6) is 1.31. The van der Waals surface area contributed by atoms with E-state index in [1.165, 1.54) is 0 Å². The van der Waals surface area contributed by atoms with Crippen LogP contribution in [0.1, 0.15) is 19.4 Å². The summed E-state index contributed by atoms with van der Waals surface area (Å²) in [7, 11) is 1.64. The molecule has 0 aromatic heterocycles. The van der Waals surface area contributed by atoms with Crippen LogP contribution in [0, 0.1) is 5.92 Å². The van der Waals surface area contributed by atoms with Gasteiger partial charge in [-0.05, 0) is 23.6 Å². The number of hydrogen-bond donors (Lipinski definition) is 2. The molecule has 1 rings (SSSR count). The first-order valence-electron chi connectivity index (χ1n) is 7.30. The Labute approximate surface area is 127 Å². The highest BCUT2D eigenvalue weighted by Gasteiger charge is 2.02. The van der Waals surface area contributed by atoms with Gasteiger partial charge in [0.2, 0.25) is 5.91 Å². The van der Waals surface area contributed by atoms with Crippen molar-refractivity contribution in [3.8, 4) is 5.75 Å². The molecule has 1 aromatic rings. The lowest BCUT2D eigenvalue weighted by Gasteiger charge is -2.11. The number of benzene rings is 1. The molecule has 0 fully saturated rings. The first kappa shape index (κ1) is 17.5. The van der Waals surface area contributed by atoms with Gasteiger partial charge in [0.25, 0.3) is 0 Å². The van der Waals surface area contributed by atoms with Crippen molar-refractivity contribution in [1.29, 1.82) is 0 Å². The van der Waals surface area contributed by atoms with Gasteiger partial charge >= 0.3 is 0 Å². The van der Waals surface area contributed by atoms with Crippen LogP contribution in [-0.2, 0) is 16.1 Å². The maximum atomic E-state index is 11.6. The van der Waals surface area contributed by atoms with E-state index < -0.39 is 0 Å². The van der Waals surface area contributed by atoms with Gasteiger partial charge in [-0.3, -0.25) is 4.79 Å². The highest BCUT2D eigenvalue weighted by Crippen LogP contribution is 2.14. The van der Waals surface area contributed by atoms with E-state index in [2.05, 4.69) is 24.5 Å². The van der Waals surface area contributed by atoms with Gasteiger partial charge in [-0.2, -0.15) is 0 Å². The van der Waals surface area contributed by atoms with Crippen LogP contribution >= 0.6 is 0 Å². The minimum Gasteiger partial charge on any atom is -0.493 e. The van der Waals surface area contributed by atoms with Crippen molar-refractivity contribution >= 4 is 5.91 Å². The second-order valence-corrected chi connectivity index (χ2v) is 5.30. The van der Waals surface area contributed by atoms with Crippen LogP contribution in [0.3, 0.4) is 0 Å². The topological polar surface area (TPSA) is 59.6 Å². The molecule has 118 valence electrons. The van der Waals surface area contributed by atoms with Crippen LogP contribution in [0.5, 0.6) is 5.75 Å². The highest BCUT2D eigenvalue weighted by atomic mass is 16.5. The third-order valence-corrected chi connectivity index (χ3v) is 2.74. The van der Waals surface area contributed by atoms with Gasteiger partial charge in [-0.1, -0.05) is 26.0 Å². The Morgan fingerprint density at radius 3 is 2.86 bits per heavy atom. The Kier molecular flexibility index (Phi) is 8.47. The molecule has 0 radical (unpaired) electrons. The van der Waals surface area contributed by atoms with Crippen LogP contribution in [0.2, 0.25) is 0 Å². The van der Waals surface area contributed by atoms with Gasteiger partial charge in [0.1, 0.15) is 5.75 Å². The standard InChI is InChI=1S/C16H26N2O3/c1-13(2)12-21-15-6-4-5-14(9-15)10-18-16(19)11-17-7-8-20-3/h4-6,9,13,17H,7-8,10-12H2,1-3H3,(H,18,19). The largest absolute Gasteiger partial charge is 0.493 e. The fourth-order valence-electron chi connectivity index (χ4n) is 1.65. The second kappa shape index (κ2) is 10.2. The molecule has 0 aliphatic carbocycles. The van der Waals surface area contributed by atoms with Crippen LogP contribution in [0.4, 0.5) is 0 Å². The fourth-order valence-corrected chi connectivity index (χ4v) is 1.65. The molecule has 0 bridgehead atoms. The van der Waals surface area contributed by atoms with Gasteiger partial charge in [-0.25, -0.2) is 0 Å². The third-order valence-electron chi connectivity index (χ3n) is 2.74. The zero-order chi connectivity index (χ0) is 15.5. The molecule has 1 amide bonds. The molecule has 0 aliphatic rings. The summed E-state index contributed by atoms with van der Waals surface area (Å²) in [4.78, 5) is 11.6. The number of methoxy groups -OCH3 is 1. The van der Waals surface area contributed by atoms with E-state index in [1.807, 2.05) is 24.3 Å². The zero-order valence-corrected chi connectivity index (χ0v) is 13.1. The van der Waals surface area contributed by atoms with Crippen molar-refractivity contribution in [2.75, 3.05) is 33.4 Å². The zero-order valence-electron chi connectivity index (χ0n) is 13.1. The summed E-state index contributed by atoms with van der Waals surface area (Å²) in [6.07, 6.45) is 0. The maximum absolute atomic E-state index is 11.6. The third kappa shape index (κ3) is 8.32. The maximum Gasteiger partial charge on any atom is 0.234 e. The minimum atomic E-state index is -0.0281. The van der Waals surface area contributed by atoms with Gasteiger partial charge in [0.15, 0.2) is 0 Å². The fraction of sp³-hybridized carbons (Fsp3) is 0.562. The first-order chi connectivity index (χ1) is 10.1. The summed E-state index contributed by atoms with van der Waals surface area (Å²) in [6.45, 7) is 6.99. The quantitative estimate of drug-likeness (QED) is 0.643.